The van der Waals surface area contributed by atoms with Crippen molar-refractivity contribution in [3.8, 4) is 0 Å². The van der Waals surface area contributed by atoms with Gasteiger partial charge >= 0.3 is 0 Å². The van der Waals surface area contributed by atoms with Crippen molar-refractivity contribution in [3.63, 3.8) is 0 Å². The Morgan fingerprint density at radius 2 is 2.00 bits per heavy atom. The Bertz CT molecular complexity index is 1330. The third-order valence-electron chi connectivity index (χ3n) is 5.99. The van der Waals surface area contributed by atoms with Crippen molar-refractivity contribution in [1.82, 2.24) is 9.62 Å². The number of fused-ring (bicyclic) bond motifs is 1. The van der Waals surface area contributed by atoms with E-state index in [4.69, 9.17) is 34.8 Å². The van der Waals surface area contributed by atoms with Crippen molar-refractivity contribution in [3.05, 3.63) is 73.7 Å². The lowest BCUT2D eigenvalue weighted by Gasteiger charge is -2.34. The average molecular weight is 560 g/mol. The highest BCUT2D eigenvalue weighted by atomic mass is 35.5. The van der Waals surface area contributed by atoms with Crippen LogP contribution >= 0.6 is 46.1 Å². The monoisotopic (exact) mass is 558 g/mol. The van der Waals surface area contributed by atoms with E-state index < -0.39 is 15.9 Å². The van der Waals surface area contributed by atoms with Crippen molar-refractivity contribution in [2.45, 2.75) is 43.4 Å². The van der Waals surface area contributed by atoms with Crippen molar-refractivity contribution >= 4 is 68.0 Å². The van der Waals surface area contributed by atoms with Gasteiger partial charge in [0.15, 0.2) is 0 Å². The summed E-state index contributed by atoms with van der Waals surface area (Å²) in [6, 6.07) is 7.95. The first-order valence-electron chi connectivity index (χ1n) is 10.5. The number of hydrogen-bond acceptors (Lipinski definition) is 5. The summed E-state index contributed by atoms with van der Waals surface area (Å²) >= 11 is 19.0. The molecule has 34 heavy (non-hydrogen) atoms. The van der Waals surface area contributed by atoms with Crippen LogP contribution in [0, 0.1) is 5.41 Å². The third kappa shape index (κ3) is 5.21. The van der Waals surface area contributed by atoms with Gasteiger partial charge in [0.25, 0.3) is 15.9 Å². The Morgan fingerprint density at radius 3 is 2.68 bits per heavy atom. The fourth-order valence-corrected chi connectivity index (χ4v) is 7.40. The molecule has 0 saturated carbocycles. The maximum atomic E-state index is 13.0. The SMILES string of the molecule is CC12CCCC(/C=C/C(=O)NS(=O)(=O)c3ccc(Cl)s3)=C1N(Cc1ccc(Cl)cc1Cl)C(=O)C2. The van der Waals surface area contributed by atoms with Crippen LogP contribution in [-0.2, 0) is 26.2 Å². The van der Waals surface area contributed by atoms with E-state index in [1.54, 1.807) is 29.2 Å². The molecule has 1 fully saturated rings. The molecule has 1 saturated heterocycles. The van der Waals surface area contributed by atoms with Gasteiger partial charge < -0.3 is 4.90 Å². The lowest BCUT2D eigenvalue weighted by atomic mass is 9.74. The van der Waals surface area contributed by atoms with Crippen molar-refractivity contribution in [2.75, 3.05) is 0 Å². The Morgan fingerprint density at radius 1 is 1.24 bits per heavy atom. The van der Waals surface area contributed by atoms with Gasteiger partial charge in [-0.3, -0.25) is 9.59 Å². The number of carbonyl (C=O) groups excluding carboxylic acids is 2. The molecule has 4 rings (SSSR count). The summed E-state index contributed by atoms with van der Waals surface area (Å²) in [5.74, 6) is -0.792. The second kappa shape index (κ2) is 9.66. The molecule has 0 spiro atoms. The van der Waals surface area contributed by atoms with Crippen molar-refractivity contribution < 1.29 is 18.0 Å². The predicted molar refractivity (Wildman–Crippen MR) is 134 cm³/mol. The molecule has 0 bridgehead atoms. The molecule has 2 aromatic rings. The van der Waals surface area contributed by atoms with E-state index in [1.807, 2.05) is 11.6 Å². The maximum Gasteiger partial charge on any atom is 0.273 e. The highest BCUT2D eigenvalue weighted by Gasteiger charge is 2.46. The summed E-state index contributed by atoms with van der Waals surface area (Å²) in [6.45, 7) is 2.33. The molecule has 1 unspecified atom stereocenters. The van der Waals surface area contributed by atoms with E-state index >= 15 is 0 Å². The summed E-state index contributed by atoms with van der Waals surface area (Å²) in [4.78, 5) is 27.1. The van der Waals surface area contributed by atoms with Crippen LogP contribution in [0.15, 0.2) is 58.0 Å². The summed E-state index contributed by atoms with van der Waals surface area (Å²) in [7, 11) is -4.01. The lowest BCUT2D eigenvalue weighted by molar-refractivity contribution is -0.127. The molecule has 2 amide bonds. The fourth-order valence-electron chi connectivity index (χ4n) is 4.50. The quantitative estimate of drug-likeness (QED) is 0.444. The topological polar surface area (TPSA) is 83.6 Å². The highest BCUT2D eigenvalue weighted by Crippen LogP contribution is 2.51. The number of sulfonamides is 1. The van der Waals surface area contributed by atoms with E-state index in [0.29, 0.717) is 27.2 Å². The first kappa shape index (κ1) is 25.3. The van der Waals surface area contributed by atoms with Crippen LogP contribution in [0.4, 0.5) is 0 Å². The van der Waals surface area contributed by atoms with Crippen molar-refractivity contribution in [1.29, 1.82) is 0 Å². The largest absolute Gasteiger partial charge is 0.311 e. The van der Waals surface area contributed by atoms with Crippen LogP contribution in [0.25, 0.3) is 0 Å². The molecule has 1 aliphatic heterocycles. The van der Waals surface area contributed by atoms with Gasteiger partial charge in [-0.05, 0) is 54.7 Å². The summed E-state index contributed by atoms with van der Waals surface area (Å²) in [5, 5.41) is 0.985. The molecule has 0 radical (unpaired) electrons. The molecule has 2 heterocycles. The molecule has 1 N–H and O–H groups in total. The number of hydrogen-bond donors (Lipinski definition) is 1. The predicted octanol–water partition coefficient (Wildman–Crippen LogP) is 5.95. The van der Waals surface area contributed by atoms with E-state index in [0.717, 1.165) is 41.0 Å². The Balaban J connectivity index is 1.61. The number of benzene rings is 1. The first-order valence-corrected chi connectivity index (χ1v) is 13.9. The number of nitrogens with one attached hydrogen (secondary N) is 1. The maximum absolute atomic E-state index is 13.0. The van der Waals surface area contributed by atoms with Crippen LogP contribution in [0.3, 0.4) is 0 Å². The highest BCUT2D eigenvalue weighted by molar-refractivity contribution is 7.92. The third-order valence-corrected chi connectivity index (χ3v) is 9.65. The molecule has 11 heteroatoms. The normalized spacial score (nSPS) is 20.8. The van der Waals surface area contributed by atoms with Gasteiger partial charge in [-0.15, -0.1) is 11.3 Å². The van der Waals surface area contributed by atoms with E-state index in [1.165, 1.54) is 18.2 Å². The summed E-state index contributed by atoms with van der Waals surface area (Å²) < 4.78 is 27.1. The molecule has 1 aliphatic carbocycles. The van der Waals surface area contributed by atoms with E-state index in [9.17, 15) is 18.0 Å². The van der Waals surface area contributed by atoms with Crippen LogP contribution in [-0.4, -0.2) is 25.1 Å². The molecule has 2 aliphatic rings. The second-order valence-corrected chi connectivity index (χ2v) is 13.0. The van der Waals surface area contributed by atoms with Crippen LogP contribution in [0.5, 0.6) is 0 Å². The molecular weight excluding hydrogens is 539 g/mol. The molecule has 1 aromatic heterocycles. The zero-order chi connectivity index (χ0) is 24.7. The molecule has 1 atom stereocenters. The minimum atomic E-state index is -4.01. The lowest BCUT2D eigenvalue weighted by Crippen LogP contribution is -2.29. The Kier molecular flexibility index (Phi) is 7.18. The standard InChI is InChI=1S/C23H21Cl3N2O4S2/c1-23-10-2-3-14(5-8-19(29)27-34(31,32)21-9-7-18(26)33-21)22(23)28(20(30)12-23)13-15-4-6-16(24)11-17(15)25/h4-9,11H,2-3,10,12-13H2,1H3,(H,27,29)/b8-5+. The molecule has 180 valence electrons. The minimum absolute atomic E-state index is 0.0158. The number of likely N-dealkylation sites (tertiary alicyclic amines) is 1. The fraction of sp³-hybridized carbons (Fsp3) is 0.304. The number of amides is 2. The average Bonchev–Trinajstić information content (AvgIpc) is 3.29. The second-order valence-electron chi connectivity index (χ2n) is 8.54. The zero-order valence-corrected chi connectivity index (χ0v) is 22.0. The van der Waals surface area contributed by atoms with Gasteiger partial charge in [0.1, 0.15) is 4.21 Å². The smallest absolute Gasteiger partial charge is 0.273 e. The Hall–Kier alpha value is -1.84. The van der Waals surface area contributed by atoms with E-state index in [-0.39, 0.29) is 22.1 Å². The number of thiophene rings is 1. The van der Waals surface area contributed by atoms with Gasteiger partial charge in [-0.25, -0.2) is 13.1 Å². The van der Waals surface area contributed by atoms with Crippen LogP contribution in [0.1, 0.15) is 38.2 Å². The van der Waals surface area contributed by atoms with Crippen molar-refractivity contribution in [2.24, 2.45) is 5.41 Å². The first-order chi connectivity index (χ1) is 16.0. The number of rotatable bonds is 6. The minimum Gasteiger partial charge on any atom is -0.311 e. The zero-order valence-electron chi connectivity index (χ0n) is 18.1. The van der Waals surface area contributed by atoms with E-state index in [2.05, 4.69) is 0 Å². The van der Waals surface area contributed by atoms with Gasteiger partial charge in [0.05, 0.1) is 10.9 Å². The van der Waals surface area contributed by atoms with Gasteiger partial charge in [0, 0.05) is 33.7 Å². The number of halogens is 3. The number of allylic oxidation sites excluding steroid dienone is 3. The number of nitrogens with zero attached hydrogens (tertiary/aromatic N) is 1. The van der Waals surface area contributed by atoms with Gasteiger partial charge in [-0.2, -0.15) is 0 Å². The molecule has 1 aromatic carbocycles. The summed E-state index contributed by atoms with van der Waals surface area (Å²) in [5.41, 5.74) is 2.09. The van der Waals surface area contributed by atoms with Gasteiger partial charge in [-0.1, -0.05) is 53.9 Å². The van der Waals surface area contributed by atoms with Crippen LogP contribution < -0.4 is 4.72 Å². The van der Waals surface area contributed by atoms with Gasteiger partial charge in [0.2, 0.25) is 5.91 Å². The number of carbonyl (C=O) groups is 2. The van der Waals surface area contributed by atoms with Crippen LogP contribution in [0.2, 0.25) is 14.4 Å². The molecule has 6 nitrogen and oxygen atoms in total. The summed E-state index contributed by atoms with van der Waals surface area (Å²) in [6.07, 6.45) is 5.53. The Labute approximate surface area is 217 Å². The molecular formula is C23H21Cl3N2O4S2.